The number of anilines is 4. The summed E-state index contributed by atoms with van der Waals surface area (Å²) in [5, 5.41) is 29.2. The van der Waals surface area contributed by atoms with Gasteiger partial charge in [-0.05, 0) is 54.1 Å². The Bertz CT molecular complexity index is 1610. The molecule has 0 bridgehead atoms. The van der Waals surface area contributed by atoms with Crippen LogP contribution in [-0.2, 0) is 0 Å². The Morgan fingerprint density at radius 1 is 0.811 bits per heavy atom. The molecule has 3 aromatic heterocycles. The molecule has 1 amide bonds. The highest BCUT2D eigenvalue weighted by atomic mass is 16.3. The van der Waals surface area contributed by atoms with Crippen molar-refractivity contribution >= 4 is 46.2 Å². The molecule has 3 heterocycles. The number of phenols is 2. The van der Waals surface area contributed by atoms with E-state index < -0.39 is 0 Å². The van der Waals surface area contributed by atoms with Gasteiger partial charge in [0.15, 0.2) is 23.1 Å². The van der Waals surface area contributed by atoms with Crippen molar-refractivity contribution in [2.45, 2.75) is 0 Å². The molecular weight excluding hydrogens is 474 g/mol. The number of hydrazone groups is 1. The zero-order valence-corrected chi connectivity index (χ0v) is 19.1. The molecule has 0 spiro atoms. The Morgan fingerprint density at radius 2 is 1.54 bits per heavy atom. The maximum absolute atomic E-state index is 12.5. The molecule has 2 aromatic carbocycles. The van der Waals surface area contributed by atoms with E-state index in [1.54, 1.807) is 48.8 Å². The smallest absolute Gasteiger partial charge is 0.255 e. The largest absolute Gasteiger partial charge is 0.504 e. The van der Waals surface area contributed by atoms with Crippen LogP contribution in [0.15, 0.2) is 84.7 Å². The van der Waals surface area contributed by atoms with Crippen LogP contribution in [0.2, 0.25) is 0 Å². The average Bonchev–Trinajstić information content (AvgIpc) is 2.92. The van der Waals surface area contributed by atoms with Gasteiger partial charge in [-0.2, -0.15) is 5.10 Å². The minimum atomic E-state index is -0.251. The molecule has 5 rings (SSSR count). The van der Waals surface area contributed by atoms with E-state index in [9.17, 15) is 15.0 Å². The molecular formula is C25H19N9O3. The van der Waals surface area contributed by atoms with Crippen molar-refractivity contribution in [1.29, 1.82) is 0 Å². The van der Waals surface area contributed by atoms with Gasteiger partial charge in [0.25, 0.3) is 5.91 Å². The second kappa shape index (κ2) is 10.3. The Balaban J connectivity index is 1.34. The fourth-order valence-corrected chi connectivity index (χ4v) is 3.36. The van der Waals surface area contributed by atoms with E-state index in [-0.39, 0.29) is 17.4 Å². The highest BCUT2D eigenvalue weighted by molar-refractivity contribution is 6.04. The number of aromatic nitrogens is 5. The molecule has 37 heavy (non-hydrogen) atoms. The van der Waals surface area contributed by atoms with Gasteiger partial charge in [-0.25, -0.2) is 19.9 Å². The van der Waals surface area contributed by atoms with Gasteiger partial charge < -0.3 is 20.8 Å². The predicted octanol–water partition coefficient (Wildman–Crippen LogP) is 3.67. The lowest BCUT2D eigenvalue weighted by Gasteiger charge is -2.11. The van der Waals surface area contributed by atoms with Gasteiger partial charge in [0.1, 0.15) is 23.7 Å². The fraction of sp³-hybridized carbons (Fsp3) is 0. The Morgan fingerprint density at radius 3 is 2.32 bits per heavy atom. The molecule has 0 aliphatic carbocycles. The van der Waals surface area contributed by atoms with Gasteiger partial charge >= 0.3 is 0 Å². The number of phenolic OH excluding ortho intramolecular Hbond substituents is 2. The third kappa shape index (κ3) is 5.38. The van der Waals surface area contributed by atoms with Gasteiger partial charge in [0, 0.05) is 29.3 Å². The van der Waals surface area contributed by atoms with Crippen LogP contribution in [-0.4, -0.2) is 47.3 Å². The van der Waals surface area contributed by atoms with Crippen LogP contribution in [0.5, 0.6) is 11.5 Å². The van der Waals surface area contributed by atoms with Crippen molar-refractivity contribution in [2.24, 2.45) is 5.10 Å². The van der Waals surface area contributed by atoms with Crippen LogP contribution in [0, 0.1) is 0 Å². The summed E-state index contributed by atoms with van der Waals surface area (Å²) in [7, 11) is 0. The lowest BCUT2D eigenvalue weighted by atomic mass is 10.2. The number of carbonyl (C=O) groups is 1. The third-order valence-corrected chi connectivity index (χ3v) is 5.13. The van der Waals surface area contributed by atoms with Crippen LogP contribution < -0.4 is 16.1 Å². The molecule has 12 nitrogen and oxygen atoms in total. The van der Waals surface area contributed by atoms with E-state index in [4.69, 9.17) is 0 Å². The van der Waals surface area contributed by atoms with Crippen molar-refractivity contribution in [3.63, 3.8) is 0 Å². The van der Waals surface area contributed by atoms with E-state index in [1.807, 2.05) is 6.07 Å². The quantitative estimate of drug-likeness (QED) is 0.128. The molecule has 0 aliphatic heterocycles. The highest BCUT2D eigenvalue weighted by Crippen LogP contribution is 2.26. The summed E-state index contributed by atoms with van der Waals surface area (Å²) in [5.41, 5.74) is 6.01. The van der Waals surface area contributed by atoms with Gasteiger partial charge in [-0.1, -0.05) is 6.07 Å². The minimum Gasteiger partial charge on any atom is -0.504 e. The molecule has 0 saturated heterocycles. The van der Waals surface area contributed by atoms with E-state index in [2.05, 4.69) is 46.1 Å². The second-order valence-corrected chi connectivity index (χ2v) is 7.66. The number of nitrogens with zero attached hydrogens (tertiary/aromatic N) is 6. The maximum atomic E-state index is 12.5. The monoisotopic (exact) mass is 493 g/mol. The number of hydrogen-bond donors (Lipinski definition) is 5. The van der Waals surface area contributed by atoms with Gasteiger partial charge in [0.05, 0.1) is 6.21 Å². The summed E-state index contributed by atoms with van der Waals surface area (Å²) in [4.78, 5) is 33.5. The predicted molar refractivity (Wildman–Crippen MR) is 138 cm³/mol. The topological polar surface area (TPSA) is 170 Å². The first kappa shape index (κ1) is 23.1. The molecule has 0 aliphatic rings. The van der Waals surface area contributed by atoms with Crippen molar-refractivity contribution in [1.82, 2.24) is 24.9 Å². The third-order valence-electron chi connectivity index (χ3n) is 5.13. The van der Waals surface area contributed by atoms with Gasteiger partial charge in [0.2, 0.25) is 0 Å². The molecule has 12 heteroatoms. The number of amides is 1. The molecule has 5 aromatic rings. The standard InChI is InChI=1S/C25H19N9O3/c35-19-5-4-15(10-20(19)36)12-31-34-24-22-21(27-14-30-24)23(29-13-28-22)32-17-2-1-3-18(11-17)33-25(37)16-6-8-26-9-7-16/h1-14,35-36H,(H,33,37)(H,27,30,34)(H,28,29,32)/b31-12+. The van der Waals surface area contributed by atoms with Gasteiger partial charge in [-0.3, -0.25) is 15.2 Å². The van der Waals surface area contributed by atoms with E-state index in [0.29, 0.717) is 45.2 Å². The zero-order chi connectivity index (χ0) is 25.6. The van der Waals surface area contributed by atoms with E-state index in [1.165, 1.54) is 31.0 Å². The Kier molecular flexibility index (Phi) is 6.44. The van der Waals surface area contributed by atoms with Crippen LogP contribution in [0.4, 0.5) is 23.0 Å². The minimum absolute atomic E-state index is 0.217. The van der Waals surface area contributed by atoms with Crippen molar-refractivity contribution in [2.75, 3.05) is 16.1 Å². The summed E-state index contributed by atoms with van der Waals surface area (Å²) in [6.45, 7) is 0. The number of carbonyl (C=O) groups excluding carboxylic acids is 1. The summed E-state index contributed by atoms with van der Waals surface area (Å²) < 4.78 is 0. The summed E-state index contributed by atoms with van der Waals surface area (Å²) in [6.07, 6.45) is 7.30. The summed E-state index contributed by atoms with van der Waals surface area (Å²) in [5.74, 6) is 0.0540. The first-order valence-electron chi connectivity index (χ1n) is 10.9. The van der Waals surface area contributed by atoms with Crippen molar-refractivity contribution in [3.8, 4) is 11.5 Å². The Hall–Kier alpha value is -5.65. The summed E-state index contributed by atoms with van der Waals surface area (Å²) in [6, 6.07) is 14.8. The van der Waals surface area contributed by atoms with Crippen LogP contribution in [0.3, 0.4) is 0 Å². The number of fused-ring (bicyclic) bond motifs is 1. The highest BCUT2D eigenvalue weighted by Gasteiger charge is 2.11. The number of nitrogens with one attached hydrogen (secondary N) is 3. The van der Waals surface area contributed by atoms with E-state index >= 15 is 0 Å². The number of pyridine rings is 1. The van der Waals surface area contributed by atoms with Gasteiger partial charge in [-0.15, -0.1) is 0 Å². The number of hydrogen-bond acceptors (Lipinski definition) is 11. The fourth-order valence-electron chi connectivity index (χ4n) is 3.36. The first-order chi connectivity index (χ1) is 18.1. The normalized spacial score (nSPS) is 10.9. The van der Waals surface area contributed by atoms with Crippen LogP contribution >= 0.6 is 0 Å². The molecule has 0 radical (unpaired) electrons. The molecule has 182 valence electrons. The average molecular weight is 493 g/mol. The van der Waals surface area contributed by atoms with E-state index in [0.717, 1.165) is 0 Å². The van der Waals surface area contributed by atoms with Crippen molar-refractivity contribution < 1.29 is 15.0 Å². The molecule has 0 fully saturated rings. The summed E-state index contributed by atoms with van der Waals surface area (Å²) >= 11 is 0. The lowest BCUT2D eigenvalue weighted by molar-refractivity contribution is 0.102. The van der Waals surface area contributed by atoms with Crippen LogP contribution in [0.1, 0.15) is 15.9 Å². The lowest BCUT2D eigenvalue weighted by Crippen LogP contribution is -2.11. The maximum Gasteiger partial charge on any atom is 0.255 e. The zero-order valence-electron chi connectivity index (χ0n) is 19.1. The number of benzene rings is 2. The molecule has 0 atom stereocenters. The first-order valence-corrected chi connectivity index (χ1v) is 10.9. The molecule has 5 N–H and O–H groups in total. The number of rotatable bonds is 7. The molecule has 0 saturated carbocycles. The van der Waals surface area contributed by atoms with Crippen LogP contribution in [0.25, 0.3) is 11.0 Å². The van der Waals surface area contributed by atoms with Crippen molar-refractivity contribution in [3.05, 3.63) is 90.8 Å². The Labute approximate surface area is 209 Å². The molecule has 0 unspecified atom stereocenters. The SMILES string of the molecule is O=C(Nc1cccc(Nc2ncnc3c(N/N=C/c4ccc(O)c(O)c4)ncnc23)c1)c1ccncc1. The number of aromatic hydroxyl groups is 2. The second-order valence-electron chi connectivity index (χ2n) is 7.66.